The lowest BCUT2D eigenvalue weighted by Crippen LogP contribution is -2.52. The molecule has 1 aliphatic heterocycles. The molecule has 0 saturated carbocycles. The van der Waals surface area contributed by atoms with Crippen LogP contribution in [0.1, 0.15) is 19.3 Å². The van der Waals surface area contributed by atoms with E-state index in [-0.39, 0.29) is 12.3 Å². The van der Waals surface area contributed by atoms with Gasteiger partial charge in [0.05, 0.1) is 5.84 Å². The number of aliphatic carboxylic acids is 1. The van der Waals surface area contributed by atoms with Gasteiger partial charge in [0.25, 0.3) is 0 Å². The van der Waals surface area contributed by atoms with Gasteiger partial charge in [-0.1, -0.05) is 0 Å². The van der Waals surface area contributed by atoms with E-state index in [1.807, 2.05) is 0 Å². The third-order valence-electron chi connectivity index (χ3n) is 2.97. The number of hydrogen-bond acceptors (Lipinski definition) is 4. The van der Waals surface area contributed by atoms with Gasteiger partial charge in [0, 0.05) is 12.0 Å². The number of hydrogen-bond donors (Lipinski definition) is 5. The predicted octanol–water partition coefficient (Wildman–Crippen LogP) is -0.906. The van der Waals surface area contributed by atoms with Crippen LogP contribution in [0.25, 0.3) is 0 Å². The molecule has 1 fully saturated rings. The van der Waals surface area contributed by atoms with Crippen LogP contribution >= 0.6 is 0 Å². The first kappa shape index (κ1) is 11.9. The van der Waals surface area contributed by atoms with Crippen molar-refractivity contribution in [3.63, 3.8) is 0 Å². The van der Waals surface area contributed by atoms with Gasteiger partial charge in [0.15, 0.2) is 0 Å². The first-order valence-corrected chi connectivity index (χ1v) is 5.01. The van der Waals surface area contributed by atoms with E-state index in [9.17, 15) is 4.79 Å². The third-order valence-corrected chi connectivity index (χ3v) is 2.97. The zero-order valence-electron chi connectivity index (χ0n) is 8.62. The van der Waals surface area contributed by atoms with Gasteiger partial charge in [0.1, 0.15) is 6.04 Å². The Hall–Kier alpha value is -1.14. The smallest absolute Gasteiger partial charge is 0.320 e. The quantitative estimate of drug-likeness (QED) is 0.306. The van der Waals surface area contributed by atoms with Crippen molar-refractivity contribution in [3.05, 3.63) is 0 Å². The highest BCUT2D eigenvalue weighted by Gasteiger charge is 2.38. The highest BCUT2D eigenvalue weighted by molar-refractivity contribution is 5.85. The lowest BCUT2D eigenvalue weighted by molar-refractivity contribution is -0.139. The van der Waals surface area contributed by atoms with Gasteiger partial charge in [-0.25, -0.2) is 0 Å². The van der Waals surface area contributed by atoms with E-state index < -0.39 is 17.4 Å². The highest BCUT2D eigenvalue weighted by Crippen LogP contribution is 2.31. The summed E-state index contributed by atoms with van der Waals surface area (Å²) in [7, 11) is 0. The molecule has 2 unspecified atom stereocenters. The first-order chi connectivity index (χ1) is 6.98. The third kappa shape index (κ3) is 2.66. The monoisotopic (exact) mass is 214 g/mol. The number of carboxylic acids is 1. The molecule has 0 bridgehead atoms. The van der Waals surface area contributed by atoms with Crippen molar-refractivity contribution >= 4 is 11.8 Å². The molecule has 0 aliphatic carbocycles. The van der Waals surface area contributed by atoms with Crippen molar-refractivity contribution in [2.24, 2.45) is 16.9 Å². The Bertz CT molecular complexity index is 261. The van der Waals surface area contributed by atoms with Crippen molar-refractivity contribution in [3.8, 4) is 0 Å². The maximum atomic E-state index is 10.7. The van der Waals surface area contributed by atoms with Gasteiger partial charge in [-0.15, -0.1) is 0 Å². The van der Waals surface area contributed by atoms with Gasteiger partial charge in [-0.05, 0) is 25.8 Å². The second kappa shape index (κ2) is 4.59. The molecule has 1 rings (SSSR count). The fourth-order valence-corrected chi connectivity index (χ4v) is 1.99. The molecule has 7 N–H and O–H groups in total. The molecule has 0 spiro atoms. The topological polar surface area (TPSA) is 125 Å². The second-order valence-corrected chi connectivity index (χ2v) is 4.12. The van der Waals surface area contributed by atoms with Crippen molar-refractivity contribution in [1.29, 1.82) is 5.41 Å². The maximum Gasteiger partial charge on any atom is 0.320 e. The minimum absolute atomic E-state index is 0.0337. The van der Waals surface area contributed by atoms with Crippen molar-refractivity contribution in [2.75, 3.05) is 13.1 Å². The number of carboxylic acid groups (broad SMARTS) is 1. The molecular weight excluding hydrogens is 196 g/mol. The summed E-state index contributed by atoms with van der Waals surface area (Å²) in [6.45, 7) is 1.43. The minimum atomic E-state index is -1.04. The molecule has 0 aromatic heterocycles. The number of rotatable bonds is 4. The van der Waals surface area contributed by atoms with Crippen LogP contribution < -0.4 is 16.8 Å². The molecule has 15 heavy (non-hydrogen) atoms. The summed E-state index contributed by atoms with van der Waals surface area (Å²) in [5.74, 6) is -1.01. The van der Waals surface area contributed by atoms with Crippen molar-refractivity contribution < 1.29 is 9.90 Å². The number of amidine groups is 1. The summed E-state index contributed by atoms with van der Waals surface area (Å²) in [4.78, 5) is 10.7. The predicted molar refractivity (Wildman–Crippen MR) is 56.7 cm³/mol. The van der Waals surface area contributed by atoms with Gasteiger partial charge in [-0.2, -0.15) is 0 Å². The molecule has 0 amide bonds. The summed E-state index contributed by atoms with van der Waals surface area (Å²) in [6.07, 6.45) is 1.85. The SMILES string of the molecule is N=C(N)C1(CC(N)C(=O)O)CCCNC1. The zero-order chi connectivity index (χ0) is 11.5. The second-order valence-electron chi connectivity index (χ2n) is 4.12. The Kier molecular flexibility index (Phi) is 3.65. The van der Waals surface area contributed by atoms with E-state index in [2.05, 4.69) is 5.32 Å². The van der Waals surface area contributed by atoms with E-state index in [0.29, 0.717) is 6.54 Å². The van der Waals surface area contributed by atoms with E-state index in [1.54, 1.807) is 0 Å². The number of nitrogens with one attached hydrogen (secondary N) is 2. The van der Waals surface area contributed by atoms with Gasteiger partial charge < -0.3 is 21.9 Å². The highest BCUT2D eigenvalue weighted by atomic mass is 16.4. The zero-order valence-corrected chi connectivity index (χ0v) is 8.62. The van der Waals surface area contributed by atoms with Crippen LogP contribution in [-0.4, -0.2) is 36.0 Å². The van der Waals surface area contributed by atoms with Crippen LogP contribution in [0.15, 0.2) is 0 Å². The average Bonchev–Trinajstić information content (AvgIpc) is 2.18. The van der Waals surface area contributed by atoms with Crippen molar-refractivity contribution in [2.45, 2.75) is 25.3 Å². The van der Waals surface area contributed by atoms with Crippen LogP contribution in [0.2, 0.25) is 0 Å². The number of carbonyl (C=O) groups is 1. The average molecular weight is 214 g/mol. The van der Waals surface area contributed by atoms with Crippen LogP contribution in [0.3, 0.4) is 0 Å². The van der Waals surface area contributed by atoms with E-state index >= 15 is 0 Å². The molecule has 1 saturated heterocycles. The summed E-state index contributed by atoms with van der Waals surface area (Å²) >= 11 is 0. The molecule has 6 heteroatoms. The lowest BCUT2D eigenvalue weighted by Gasteiger charge is -2.37. The Morgan fingerprint density at radius 3 is 2.73 bits per heavy atom. The number of nitrogens with two attached hydrogens (primary N) is 2. The molecule has 1 aliphatic rings. The largest absolute Gasteiger partial charge is 0.480 e. The molecule has 86 valence electrons. The molecule has 1 heterocycles. The Balaban J connectivity index is 2.72. The maximum absolute atomic E-state index is 10.7. The molecule has 0 aromatic rings. The van der Waals surface area contributed by atoms with Crippen LogP contribution in [0.5, 0.6) is 0 Å². The Morgan fingerprint density at radius 1 is 1.67 bits per heavy atom. The Labute approximate surface area is 88.5 Å². The van der Waals surface area contributed by atoms with Gasteiger partial charge in [-0.3, -0.25) is 10.2 Å². The summed E-state index contributed by atoms with van der Waals surface area (Å²) < 4.78 is 0. The summed E-state index contributed by atoms with van der Waals surface area (Å²) in [5.41, 5.74) is 10.5. The fourth-order valence-electron chi connectivity index (χ4n) is 1.99. The molecule has 0 aromatic carbocycles. The lowest BCUT2D eigenvalue weighted by atomic mass is 9.75. The Morgan fingerprint density at radius 2 is 2.33 bits per heavy atom. The van der Waals surface area contributed by atoms with Gasteiger partial charge >= 0.3 is 5.97 Å². The van der Waals surface area contributed by atoms with E-state index in [4.69, 9.17) is 22.0 Å². The van der Waals surface area contributed by atoms with Crippen molar-refractivity contribution in [1.82, 2.24) is 5.32 Å². The van der Waals surface area contributed by atoms with Crippen LogP contribution in [-0.2, 0) is 4.79 Å². The molecule has 0 radical (unpaired) electrons. The van der Waals surface area contributed by atoms with Crippen LogP contribution in [0.4, 0.5) is 0 Å². The minimum Gasteiger partial charge on any atom is -0.480 e. The van der Waals surface area contributed by atoms with E-state index in [1.165, 1.54) is 0 Å². The fraction of sp³-hybridized carbons (Fsp3) is 0.778. The summed E-state index contributed by atoms with van der Waals surface area (Å²) in [6, 6.07) is -0.950. The molecule has 6 nitrogen and oxygen atoms in total. The normalized spacial score (nSPS) is 28.3. The molecular formula is C9H18N4O2. The van der Waals surface area contributed by atoms with Crippen LogP contribution in [0, 0.1) is 10.8 Å². The standard InChI is InChI=1S/C9H18N4O2/c10-6(7(14)15)4-9(8(11)12)2-1-3-13-5-9/h6,13H,1-5,10H2,(H3,11,12)(H,14,15). The van der Waals surface area contributed by atoms with E-state index in [0.717, 1.165) is 19.4 Å². The first-order valence-electron chi connectivity index (χ1n) is 5.01. The number of piperidine rings is 1. The molecule has 2 atom stereocenters. The van der Waals surface area contributed by atoms with Gasteiger partial charge in [0.2, 0.25) is 0 Å². The summed E-state index contributed by atoms with van der Waals surface area (Å²) in [5, 5.41) is 19.4.